The van der Waals surface area contributed by atoms with E-state index >= 15 is 0 Å². The van der Waals surface area contributed by atoms with Crippen molar-refractivity contribution >= 4 is 15.8 Å². The molecule has 1 aliphatic carbocycles. The highest BCUT2D eigenvalue weighted by atomic mass is 32.2. The summed E-state index contributed by atoms with van der Waals surface area (Å²) in [6, 6.07) is 10.4. The third-order valence-corrected chi connectivity index (χ3v) is 5.37. The largest absolute Gasteiger partial charge is 0.362 e. The Morgan fingerprint density at radius 3 is 2.76 bits per heavy atom. The number of nitrogens with one attached hydrogen (secondary N) is 1. The Bertz CT molecular complexity index is 948. The summed E-state index contributed by atoms with van der Waals surface area (Å²) < 4.78 is 23.1. The Morgan fingerprint density at radius 2 is 2.04 bits per heavy atom. The molecule has 1 heterocycles. The number of nitrogens with zero attached hydrogens (tertiary/aromatic N) is 2. The molecule has 0 spiro atoms. The van der Waals surface area contributed by atoms with Crippen molar-refractivity contribution in [3.8, 4) is 6.07 Å². The fraction of sp³-hybridized carbons (Fsp3) is 0.333. The minimum Gasteiger partial charge on any atom is -0.362 e. The molecule has 25 heavy (non-hydrogen) atoms. The van der Waals surface area contributed by atoms with E-state index in [4.69, 9.17) is 5.14 Å². The van der Waals surface area contributed by atoms with Crippen molar-refractivity contribution in [2.45, 2.75) is 43.5 Å². The van der Waals surface area contributed by atoms with Gasteiger partial charge in [0.15, 0.2) is 0 Å². The molecule has 0 saturated carbocycles. The molecule has 2 aromatic rings. The van der Waals surface area contributed by atoms with E-state index in [0.717, 1.165) is 42.5 Å². The smallest absolute Gasteiger partial charge is 0.238 e. The zero-order valence-corrected chi connectivity index (χ0v) is 14.8. The molecule has 1 aromatic carbocycles. The number of aromatic nitrogens is 1. The monoisotopic (exact) mass is 356 g/mol. The molecule has 1 aliphatic rings. The highest BCUT2D eigenvalue weighted by molar-refractivity contribution is 7.89. The lowest BCUT2D eigenvalue weighted by molar-refractivity contribution is 0.597. The third-order valence-electron chi connectivity index (χ3n) is 4.46. The Hall–Kier alpha value is -2.43. The maximum atomic E-state index is 11.5. The molecule has 1 atom stereocenters. The van der Waals surface area contributed by atoms with Crippen molar-refractivity contribution in [1.82, 2.24) is 4.98 Å². The van der Waals surface area contributed by atoms with Crippen LogP contribution >= 0.6 is 0 Å². The second kappa shape index (κ2) is 6.82. The van der Waals surface area contributed by atoms with Crippen LogP contribution in [-0.4, -0.2) is 13.4 Å². The summed E-state index contributed by atoms with van der Waals surface area (Å²) in [7, 11) is -3.75. The Balaban J connectivity index is 1.91. The number of hydrogen-bond acceptors (Lipinski definition) is 5. The van der Waals surface area contributed by atoms with Gasteiger partial charge in [-0.25, -0.2) is 18.5 Å². The number of rotatable bonds is 4. The first-order valence-corrected chi connectivity index (χ1v) is 9.75. The Kier molecular flexibility index (Phi) is 4.75. The van der Waals surface area contributed by atoms with Gasteiger partial charge in [0.2, 0.25) is 10.0 Å². The molecule has 6 nitrogen and oxygen atoms in total. The molecular weight excluding hydrogens is 336 g/mol. The molecule has 0 amide bonds. The molecule has 1 aromatic heterocycles. The summed E-state index contributed by atoms with van der Waals surface area (Å²) in [5.41, 5.74) is 3.46. The minimum absolute atomic E-state index is 0.0672. The SMILES string of the molecule is C[C@@H](Nc1nc2c(cc1C#N)CCCC2)c1cccc(S(N)(=O)=O)c1. The lowest BCUT2D eigenvalue weighted by Gasteiger charge is -2.20. The number of benzene rings is 1. The first-order chi connectivity index (χ1) is 11.9. The summed E-state index contributed by atoms with van der Waals surface area (Å²) in [5, 5.41) is 17.9. The van der Waals surface area contributed by atoms with E-state index in [1.54, 1.807) is 6.07 Å². The van der Waals surface area contributed by atoms with Crippen LogP contribution in [0.1, 0.15) is 48.2 Å². The van der Waals surface area contributed by atoms with Crippen LogP contribution in [0.5, 0.6) is 0 Å². The zero-order chi connectivity index (χ0) is 18.0. The van der Waals surface area contributed by atoms with Gasteiger partial charge in [-0.2, -0.15) is 5.26 Å². The van der Waals surface area contributed by atoms with Crippen LogP contribution in [0, 0.1) is 11.3 Å². The average Bonchev–Trinajstić information content (AvgIpc) is 2.60. The van der Waals surface area contributed by atoms with Gasteiger partial charge in [0.25, 0.3) is 0 Å². The quantitative estimate of drug-likeness (QED) is 0.875. The third kappa shape index (κ3) is 3.81. The lowest BCUT2D eigenvalue weighted by atomic mass is 9.95. The van der Waals surface area contributed by atoms with E-state index in [-0.39, 0.29) is 10.9 Å². The van der Waals surface area contributed by atoms with E-state index in [1.165, 1.54) is 12.1 Å². The fourth-order valence-corrected chi connectivity index (χ4v) is 3.65. The van der Waals surface area contributed by atoms with Gasteiger partial charge < -0.3 is 5.32 Å². The molecule has 7 heteroatoms. The summed E-state index contributed by atoms with van der Waals surface area (Å²) in [6.07, 6.45) is 4.12. The van der Waals surface area contributed by atoms with Crippen molar-refractivity contribution in [3.05, 3.63) is 52.7 Å². The van der Waals surface area contributed by atoms with Gasteiger partial charge in [-0.15, -0.1) is 0 Å². The van der Waals surface area contributed by atoms with Gasteiger partial charge in [-0.1, -0.05) is 12.1 Å². The number of hydrogen-bond donors (Lipinski definition) is 2. The van der Waals surface area contributed by atoms with Crippen molar-refractivity contribution in [3.63, 3.8) is 0 Å². The van der Waals surface area contributed by atoms with E-state index in [1.807, 2.05) is 19.1 Å². The van der Waals surface area contributed by atoms with Crippen LogP contribution < -0.4 is 10.5 Å². The average molecular weight is 356 g/mol. The van der Waals surface area contributed by atoms with E-state index in [9.17, 15) is 13.7 Å². The number of nitrogens with two attached hydrogens (primary N) is 1. The molecule has 0 aliphatic heterocycles. The van der Waals surface area contributed by atoms with Gasteiger partial charge in [0.05, 0.1) is 16.5 Å². The standard InChI is InChI=1S/C18H20N4O2S/c1-12(13-6-4-7-16(10-13)25(20,23)24)21-18-15(11-19)9-14-5-2-3-8-17(14)22-18/h4,6-7,9-10,12H,2-3,5,8H2,1H3,(H,21,22)(H2,20,23,24)/t12-/m1/s1. The Morgan fingerprint density at radius 1 is 1.28 bits per heavy atom. The van der Waals surface area contributed by atoms with Crippen LogP contribution in [0.3, 0.4) is 0 Å². The number of nitriles is 1. The minimum atomic E-state index is -3.75. The van der Waals surface area contributed by atoms with Gasteiger partial charge >= 0.3 is 0 Å². The molecule has 0 fully saturated rings. The predicted molar refractivity (Wildman–Crippen MR) is 95.4 cm³/mol. The molecule has 130 valence electrons. The second-order valence-electron chi connectivity index (χ2n) is 6.29. The van der Waals surface area contributed by atoms with Crippen molar-refractivity contribution in [1.29, 1.82) is 5.26 Å². The highest BCUT2D eigenvalue weighted by Gasteiger charge is 2.17. The number of fused-ring (bicyclic) bond motifs is 1. The highest BCUT2D eigenvalue weighted by Crippen LogP contribution is 2.27. The fourth-order valence-electron chi connectivity index (χ4n) is 3.08. The van der Waals surface area contributed by atoms with Gasteiger partial charge in [-0.3, -0.25) is 0 Å². The first kappa shape index (κ1) is 17.4. The summed E-state index contributed by atoms with van der Waals surface area (Å²) >= 11 is 0. The molecule has 3 rings (SSSR count). The molecule has 0 saturated heterocycles. The maximum absolute atomic E-state index is 11.5. The van der Waals surface area contributed by atoms with Crippen LogP contribution in [0.2, 0.25) is 0 Å². The Labute approximate surface area is 147 Å². The number of anilines is 1. The molecule has 0 unspecified atom stereocenters. The lowest BCUT2D eigenvalue weighted by Crippen LogP contribution is -2.15. The van der Waals surface area contributed by atoms with E-state index in [2.05, 4.69) is 16.4 Å². The maximum Gasteiger partial charge on any atom is 0.238 e. The molecular formula is C18H20N4O2S. The van der Waals surface area contributed by atoms with E-state index in [0.29, 0.717) is 11.4 Å². The normalized spacial score (nSPS) is 15.1. The number of sulfonamides is 1. The van der Waals surface area contributed by atoms with Gasteiger partial charge in [-0.05, 0) is 61.9 Å². The second-order valence-corrected chi connectivity index (χ2v) is 7.85. The van der Waals surface area contributed by atoms with Gasteiger partial charge in [0, 0.05) is 5.69 Å². The van der Waals surface area contributed by atoms with Crippen LogP contribution in [0.25, 0.3) is 0 Å². The number of primary sulfonamides is 1. The van der Waals surface area contributed by atoms with Gasteiger partial charge in [0.1, 0.15) is 11.9 Å². The first-order valence-electron chi connectivity index (χ1n) is 8.20. The molecule has 3 N–H and O–H groups in total. The number of pyridine rings is 1. The van der Waals surface area contributed by atoms with Crippen molar-refractivity contribution < 1.29 is 8.42 Å². The summed E-state index contributed by atoms with van der Waals surface area (Å²) in [6.45, 7) is 1.89. The predicted octanol–water partition coefficient (Wildman–Crippen LogP) is 2.65. The van der Waals surface area contributed by atoms with Crippen molar-refractivity contribution in [2.75, 3.05) is 5.32 Å². The topological polar surface area (TPSA) is 109 Å². The van der Waals surface area contributed by atoms with Crippen LogP contribution in [0.4, 0.5) is 5.82 Å². The number of aryl methyl sites for hydroxylation is 2. The van der Waals surface area contributed by atoms with Crippen molar-refractivity contribution in [2.24, 2.45) is 5.14 Å². The summed E-state index contributed by atoms with van der Waals surface area (Å²) in [4.78, 5) is 4.71. The molecule has 0 bridgehead atoms. The van der Waals surface area contributed by atoms with E-state index < -0.39 is 10.0 Å². The summed E-state index contributed by atoms with van der Waals surface area (Å²) in [5.74, 6) is 0.539. The van der Waals surface area contributed by atoms with Crippen LogP contribution in [0.15, 0.2) is 35.2 Å². The molecule has 0 radical (unpaired) electrons. The zero-order valence-electron chi connectivity index (χ0n) is 14.0. The van der Waals surface area contributed by atoms with Crippen LogP contribution in [-0.2, 0) is 22.9 Å².